The third kappa shape index (κ3) is 3.79. The SMILES string of the molecule is COc1ccnc(C(=O)N2CCN([C@H](C)c3ccccc3F)CC2)c1. The van der Waals surface area contributed by atoms with Gasteiger partial charge in [-0.15, -0.1) is 0 Å². The summed E-state index contributed by atoms with van der Waals surface area (Å²) in [6.07, 6.45) is 1.57. The minimum atomic E-state index is -0.186. The monoisotopic (exact) mass is 343 g/mol. The van der Waals surface area contributed by atoms with Crippen molar-refractivity contribution in [1.82, 2.24) is 14.8 Å². The highest BCUT2D eigenvalue weighted by Crippen LogP contribution is 2.24. The molecule has 5 nitrogen and oxygen atoms in total. The van der Waals surface area contributed by atoms with Crippen LogP contribution in [-0.2, 0) is 0 Å². The highest BCUT2D eigenvalue weighted by Gasteiger charge is 2.27. The summed E-state index contributed by atoms with van der Waals surface area (Å²) < 4.78 is 19.1. The largest absolute Gasteiger partial charge is 0.497 e. The van der Waals surface area contributed by atoms with Crippen LogP contribution in [0.5, 0.6) is 5.75 Å². The van der Waals surface area contributed by atoms with Crippen LogP contribution < -0.4 is 4.74 Å². The molecule has 1 amide bonds. The maximum Gasteiger partial charge on any atom is 0.272 e. The third-order valence-electron chi connectivity index (χ3n) is 4.69. The van der Waals surface area contributed by atoms with Crippen LogP contribution in [0.1, 0.15) is 29.0 Å². The summed E-state index contributed by atoms with van der Waals surface area (Å²) in [6.45, 7) is 4.59. The first-order chi connectivity index (χ1) is 12.1. The van der Waals surface area contributed by atoms with E-state index in [0.717, 1.165) is 0 Å². The van der Waals surface area contributed by atoms with Crippen molar-refractivity contribution in [3.05, 3.63) is 59.7 Å². The molecule has 1 aliphatic heterocycles. The fourth-order valence-electron chi connectivity index (χ4n) is 3.14. The van der Waals surface area contributed by atoms with Crippen molar-refractivity contribution in [2.24, 2.45) is 0 Å². The molecule has 1 saturated heterocycles. The molecular weight excluding hydrogens is 321 g/mol. The third-order valence-corrected chi connectivity index (χ3v) is 4.69. The molecule has 1 atom stereocenters. The van der Waals surface area contributed by atoms with Crippen LogP contribution in [0.3, 0.4) is 0 Å². The highest BCUT2D eigenvalue weighted by molar-refractivity contribution is 5.92. The number of nitrogens with zero attached hydrogens (tertiary/aromatic N) is 3. The van der Waals surface area contributed by atoms with Gasteiger partial charge in [0.05, 0.1) is 7.11 Å². The van der Waals surface area contributed by atoms with Crippen molar-refractivity contribution < 1.29 is 13.9 Å². The number of carbonyl (C=O) groups excluding carboxylic acids is 1. The second-order valence-electron chi connectivity index (χ2n) is 6.11. The molecule has 0 unspecified atom stereocenters. The summed E-state index contributed by atoms with van der Waals surface area (Å²) in [6, 6.07) is 10.2. The first-order valence-electron chi connectivity index (χ1n) is 8.38. The predicted octanol–water partition coefficient (Wildman–Crippen LogP) is 2.75. The molecular formula is C19H22FN3O2. The molecule has 0 bridgehead atoms. The molecule has 132 valence electrons. The predicted molar refractivity (Wildman–Crippen MR) is 93.1 cm³/mol. The summed E-state index contributed by atoms with van der Waals surface area (Å²) >= 11 is 0. The molecule has 0 aliphatic carbocycles. The Morgan fingerprint density at radius 1 is 1.20 bits per heavy atom. The Kier molecular flexibility index (Phi) is 5.28. The molecule has 0 saturated carbocycles. The van der Waals surface area contributed by atoms with Gasteiger partial charge in [-0.25, -0.2) is 4.39 Å². The van der Waals surface area contributed by atoms with E-state index in [2.05, 4.69) is 9.88 Å². The Labute approximate surface area is 147 Å². The topological polar surface area (TPSA) is 45.7 Å². The van der Waals surface area contributed by atoms with Crippen LogP contribution >= 0.6 is 0 Å². The lowest BCUT2D eigenvalue weighted by Gasteiger charge is -2.38. The van der Waals surface area contributed by atoms with Gasteiger partial charge in [0.1, 0.15) is 17.3 Å². The van der Waals surface area contributed by atoms with E-state index in [1.54, 1.807) is 36.4 Å². The maximum atomic E-state index is 14.0. The number of halogens is 1. The van der Waals surface area contributed by atoms with Crippen LogP contribution in [0.4, 0.5) is 4.39 Å². The van der Waals surface area contributed by atoms with Crippen LogP contribution in [-0.4, -0.2) is 54.0 Å². The molecule has 6 heteroatoms. The molecule has 0 radical (unpaired) electrons. The molecule has 1 aromatic heterocycles. The van der Waals surface area contributed by atoms with Crippen molar-refractivity contribution in [2.75, 3.05) is 33.3 Å². The molecule has 25 heavy (non-hydrogen) atoms. The number of pyridine rings is 1. The zero-order valence-electron chi connectivity index (χ0n) is 14.5. The summed E-state index contributed by atoms with van der Waals surface area (Å²) in [7, 11) is 1.56. The normalized spacial score (nSPS) is 16.5. The highest BCUT2D eigenvalue weighted by atomic mass is 19.1. The van der Waals surface area contributed by atoms with Gasteiger partial charge in [0.2, 0.25) is 0 Å². The Morgan fingerprint density at radius 2 is 1.92 bits per heavy atom. The Balaban J connectivity index is 1.63. The molecule has 2 heterocycles. The van der Waals surface area contributed by atoms with Gasteiger partial charge in [-0.1, -0.05) is 18.2 Å². The molecule has 3 rings (SSSR count). The lowest BCUT2D eigenvalue weighted by atomic mass is 10.1. The number of amides is 1. The van der Waals surface area contributed by atoms with Crippen molar-refractivity contribution in [3.8, 4) is 5.75 Å². The van der Waals surface area contributed by atoms with Crippen LogP contribution in [0.25, 0.3) is 0 Å². The Bertz CT molecular complexity index is 745. The average Bonchev–Trinajstić information content (AvgIpc) is 2.67. The number of carbonyl (C=O) groups is 1. The van der Waals surface area contributed by atoms with Gasteiger partial charge in [0.25, 0.3) is 5.91 Å². The van der Waals surface area contributed by atoms with Crippen LogP contribution in [0.2, 0.25) is 0 Å². The summed E-state index contributed by atoms with van der Waals surface area (Å²) in [5.41, 5.74) is 1.08. The average molecular weight is 343 g/mol. The zero-order chi connectivity index (χ0) is 17.8. The van der Waals surface area contributed by atoms with E-state index in [1.807, 2.05) is 19.1 Å². The molecule has 0 spiro atoms. The summed E-state index contributed by atoms with van der Waals surface area (Å²) in [5.74, 6) is 0.330. The second-order valence-corrected chi connectivity index (χ2v) is 6.11. The van der Waals surface area contributed by atoms with E-state index >= 15 is 0 Å². The first kappa shape index (κ1) is 17.4. The number of ether oxygens (including phenoxy) is 1. The van der Waals surface area contributed by atoms with Gasteiger partial charge in [-0.05, 0) is 19.1 Å². The van der Waals surface area contributed by atoms with Gasteiger partial charge in [-0.3, -0.25) is 14.7 Å². The number of piperazine rings is 1. The number of hydrogen-bond donors (Lipinski definition) is 0. The fourth-order valence-corrected chi connectivity index (χ4v) is 3.14. The Morgan fingerprint density at radius 3 is 2.60 bits per heavy atom. The number of benzene rings is 1. The smallest absolute Gasteiger partial charge is 0.272 e. The lowest BCUT2D eigenvalue weighted by Crippen LogP contribution is -2.49. The van der Waals surface area contributed by atoms with Crippen molar-refractivity contribution >= 4 is 5.91 Å². The fraction of sp³-hybridized carbons (Fsp3) is 0.368. The Hall–Kier alpha value is -2.47. The standard InChI is InChI=1S/C19H22FN3O2/c1-14(16-5-3-4-6-17(16)20)22-9-11-23(12-10-22)19(24)18-13-15(25-2)7-8-21-18/h3-8,13-14H,9-12H2,1-2H3/t14-/m1/s1. The van der Waals surface area contributed by atoms with E-state index in [1.165, 1.54) is 6.07 Å². The molecule has 1 aromatic carbocycles. The molecule has 0 N–H and O–H groups in total. The van der Waals surface area contributed by atoms with E-state index in [4.69, 9.17) is 4.74 Å². The zero-order valence-corrected chi connectivity index (χ0v) is 14.5. The van der Waals surface area contributed by atoms with Crippen molar-refractivity contribution in [3.63, 3.8) is 0 Å². The van der Waals surface area contributed by atoms with Crippen molar-refractivity contribution in [1.29, 1.82) is 0 Å². The summed E-state index contributed by atoms with van der Waals surface area (Å²) in [4.78, 5) is 20.7. The van der Waals surface area contributed by atoms with Crippen LogP contribution in [0, 0.1) is 5.82 Å². The quantitative estimate of drug-likeness (QED) is 0.856. The van der Waals surface area contributed by atoms with Gasteiger partial charge in [-0.2, -0.15) is 0 Å². The van der Waals surface area contributed by atoms with E-state index in [9.17, 15) is 9.18 Å². The van der Waals surface area contributed by atoms with Gasteiger partial charge < -0.3 is 9.64 Å². The number of hydrogen-bond acceptors (Lipinski definition) is 4. The van der Waals surface area contributed by atoms with E-state index in [-0.39, 0.29) is 17.8 Å². The number of aromatic nitrogens is 1. The number of methoxy groups -OCH3 is 1. The maximum absolute atomic E-state index is 14.0. The van der Waals surface area contributed by atoms with Crippen LogP contribution in [0.15, 0.2) is 42.6 Å². The lowest BCUT2D eigenvalue weighted by molar-refractivity contribution is 0.0573. The van der Waals surface area contributed by atoms with E-state index in [0.29, 0.717) is 43.2 Å². The molecule has 1 fully saturated rings. The second kappa shape index (κ2) is 7.61. The van der Waals surface area contributed by atoms with Gasteiger partial charge in [0, 0.05) is 50.0 Å². The van der Waals surface area contributed by atoms with E-state index < -0.39 is 0 Å². The van der Waals surface area contributed by atoms with Gasteiger partial charge >= 0.3 is 0 Å². The minimum absolute atomic E-state index is 0.0200. The minimum Gasteiger partial charge on any atom is -0.497 e. The molecule has 2 aromatic rings. The molecule has 1 aliphatic rings. The summed E-state index contributed by atoms with van der Waals surface area (Å²) in [5, 5.41) is 0. The van der Waals surface area contributed by atoms with Gasteiger partial charge in [0.15, 0.2) is 0 Å². The number of rotatable bonds is 4. The first-order valence-corrected chi connectivity index (χ1v) is 8.38. The van der Waals surface area contributed by atoms with Crippen molar-refractivity contribution in [2.45, 2.75) is 13.0 Å².